The number of methoxy groups -OCH3 is 1. The summed E-state index contributed by atoms with van der Waals surface area (Å²) in [5.74, 6) is 1.57. The lowest BCUT2D eigenvalue weighted by Gasteiger charge is -2.09. The van der Waals surface area contributed by atoms with Gasteiger partial charge in [0.25, 0.3) is 5.56 Å². The Kier molecular flexibility index (Phi) is 6.01. The Morgan fingerprint density at radius 1 is 1.00 bits per heavy atom. The summed E-state index contributed by atoms with van der Waals surface area (Å²) in [7, 11) is 1.65. The largest absolute Gasteiger partial charge is 0.497 e. The molecule has 2 aromatic carbocycles. The lowest BCUT2D eigenvalue weighted by molar-refractivity contribution is 0.414. The second-order valence-corrected chi connectivity index (χ2v) is 7.72. The van der Waals surface area contributed by atoms with Gasteiger partial charge in [0, 0.05) is 17.7 Å². The molecule has 0 aliphatic heterocycles. The van der Waals surface area contributed by atoms with Gasteiger partial charge in [0.1, 0.15) is 5.75 Å². The average Bonchev–Trinajstić information content (AvgIpc) is 2.63. The van der Waals surface area contributed by atoms with Gasteiger partial charge in [0.05, 0.1) is 12.8 Å². The molecule has 0 atom stereocenters. The number of ether oxygens (including phenoxy) is 1. The number of H-pyrrole nitrogens is 1. The normalized spacial score (nSPS) is 10.8. The first-order valence-corrected chi connectivity index (χ1v) is 9.86. The van der Waals surface area contributed by atoms with Crippen LogP contribution in [0.15, 0.2) is 52.4 Å². The number of nitrogens with zero attached hydrogens (tertiary/aromatic N) is 1. The van der Waals surface area contributed by atoms with Gasteiger partial charge in [-0.05, 0) is 44.0 Å². The first-order chi connectivity index (χ1) is 12.9. The van der Waals surface area contributed by atoms with Crippen LogP contribution in [0.5, 0.6) is 5.75 Å². The molecule has 0 amide bonds. The van der Waals surface area contributed by atoms with E-state index in [2.05, 4.69) is 37.0 Å². The van der Waals surface area contributed by atoms with E-state index in [1.165, 1.54) is 28.5 Å². The monoisotopic (exact) mass is 380 g/mol. The zero-order valence-electron chi connectivity index (χ0n) is 16.1. The number of aryl methyl sites for hydroxylation is 2. The fraction of sp³-hybridized carbons (Fsp3) is 0.273. The van der Waals surface area contributed by atoms with E-state index in [4.69, 9.17) is 9.72 Å². The zero-order chi connectivity index (χ0) is 19.4. The molecule has 1 aromatic heterocycles. The molecular weight excluding hydrogens is 356 g/mol. The Morgan fingerprint density at radius 3 is 2.30 bits per heavy atom. The number of nitrogens with one attached hydrogen (secondary N) is 1. The quantitative estimate of drug-likeness (QED) is 0.502. The highest BCUT2D eigenvalue weighted by Gasteiger charge is 2.10. The minimum atomic E-state index is -0.0680. The van der Waals surface area contributed by atoms with E-state index in [9.17, 15) is 4.79 Å². The van der Waals surface area contributed by atoms with E-state index in [0.717, 1.165) is 22.8 Å². The highest BCUT2D eigenvalue weighted by Crippen LogP contribution is 2.22. The lowest BCUT2D eigenvalue weighted by atomic mass is 10.0. The van der Waals surface area contributed by atoms with Crippen LogP contribution in [0.25, 0.3) is 0 Å². The highest BCUT2D eigenvalue weighted by molar-refractivity contribution is 7.98. The number of hydrogen-bond donors (Lipinski definition) is 1. The van der Waals surface area contributed by atoms with Crippen LogP contribution in [0.3, 0.4) is 0 Å². The van der Waals surface area contributed by atoms with Crippen LogP contribution >= 0.6 is 11.8 Å². The van der Waals surface area contributed by atoms with Crippen LogP contribution in [0, 0.1) is 20.8 Å². The molecule has 0 aliphatic carbocycles. The maximum atomic E-state index is 12.4. The van der Waals surface area contributed by atoms with E-state index in [1.807, 2.05) is 31.2 Å². The SMILES string of the molecule is COc1ccc(CSc2nc(Cc3cc(C)cc(C)c3)c(C)c(=O)[nH]2)cc1. The van der Waals surface area contributed by atoms with Crippen molar-refractivity contribution in [3.63, 3.8) is 0 Å². The summed E-state index contributed by atoms with van der Waals surface area (Å²) in [4.78, 5) is 20.0. The van der Waals surface area contributed by atoms with Gasteiger partial charge in [-0.1, -0.05) is 53.2 Å². The Balaban J connectivity index is 1.79. The summed E-state index contributed by atoms with van der Waals surface area (Å²) in [5, 5.41) is 0.654. The van der Waals surface area contributed by atoms with Crippen molar-refractivity contribution in [2.75, 3.05) is 7.11 Å². The molecule has 3 rings (SSSR count). The van der Waals surface area contributed by atoms with Crippen molar-refractivity contribution in [2.45, 2.75) is 38.1 Å². The van der Waals surface area contributed by atoms with Gasteiger partial charge in [-0.2, -0.15) is 0 Å². The van der Waals surface area contributed by atoms with Gasteiger partial charge in [-0.25, -0.2) is 4.98 Å². The summed E-state index contributed by atoms with van der Waals surface area (Å²) >= 11 is 1.53. The van der Waals surface area contributed by atoms with E-state index < -0.39 is 0 Å². The van der Waals surface area contributed by atoms with Crippen LogP contribution in [0.4, 0.5) is 0 Å². The van der Waals surface area contributed by atoms with Crippen LogP contribution in [0.2, 0.25) is 0 Å². The minimum Gasteiger partial charge on any atom is -0.497 e. The van der Waals surface area contributed by atoms with Crippen LogP contribution < -0.4 is 10.3 Å². The summed E-state index contributed by atoms with van der Waals surface area (Å²) in [5.41, 5.74) is 6.23. The molecule has 1 heterocycles. The van der Waals surface area contributed by atoms with Gasteiger partial charge in [0.2, 0.25) is 0 Å². The van der Waals surface area contributed by atoms with Gasteiger partial charge in [-0.15, -0.1) is 0 Å². The molecule has 0 radical (unpaired) electrons. The van der Waals surface area contributed by atoms with Gasteiger partial charge in [-0.3, -0.25) is 4.79 Å². The fourth-order valence-electron chi connectivity index (χ4n) is 3.03. The fourth-order valence-corrected chi connectivity index (χ4v) is 3.87. The average molecular weight is 381 g/mol. The Hall–Kier alpha value is -2.53. The number of aromatic amines is 1. The first-order valence-electron chi connectivity index (χ1n) is 8.87. The van der Waals surface area contributed by atoms with Crippen LogP contribution in [0.1, 0.15) is 33.5 Å². The maximum absolute atomic E-state index is 12.4. The molecule has 3 aromatic rings. The molecule has 5 heteroatoms. The van der Waals surface area contributed by atoms with Crippen molar-refractivity contribution < 1.29 is 4.74 Å². The van der Waals surface area contributed by atoms with Gasteiger partial charge < -0.3 is 9.72 Å². The maximum Gasteiger partial charge on any atom is 0.254 e. The minimum absolute atomic E-state index is 0.0680. The van der Waals surface area contributed by atoms with Crippen molar-refractivity contribution in [3.05, 3.63) is 86.3 Å². The van der Waals surface area contributed by atoms with Crippen molar-refractivity contribution in [2.24, 2.45) is 0 Å². The topological polar surface area (TPSA) is 55.0 Å². The number of benzene rings is 2. The lowest BCUT2D eigenvalue weighted by Crippen LogP contribution is -2.16. The van der Waals surface area contributed by atoms with Crippen molar-refractivity contribution in [1.82, 2.24) is 9.97 Å². The molecule has 0 aliphatic rings. The number of thioether (sulfide) groups is 1. The molecule has 0 unspecified atom stereocenters. The molecular formula is C22H24N2O2S. The Bertz CT molecular complexity index is 974. The van der Waals surface area contributed by atoms with Gasteiger partial charge in [0.15, 0.2) is 5.16 Å². The number of hydrogen-bond acceptors (Lipinski definition) is 4. The van der Waals surface area contributed by atoms with Gasteiger partial charge >= 0.3 is 0 Å². The third-order valence-electron chi connectivity index (χ3n) is 4.42. The van der Waals surface area contributed by atoms with E-state index in [-0.39, 0.29) is 5.56 Å². The van der Waals surface area contributed by atoms with Crippen molar-refractivity contribution in [1.29, 1.82) is 0 Å². The standard InChI is InChI=1S/C22H24N2O2S/c1-14-9-15(2)11-18(10-14)12-20-16(3)21(25)24-22(23-20)27-13-17-5-7-19(26-4)8-6-17/h5-11H,12-13H2,1-4H3,(H,23,24,25). The van der Waals surface area contributed by atoms with E-state index >= 15 is 0 Å². The molecule has 0 fully saturated rings. The Labute approximate surface area is 164 Å². The van der Waals surface area contributed by atoms with Crippen molar-refractivity contribution in [3.8, 4) is 5.75 Å². The van der Waals surface area contributed by atoms with E-state index in [0.29, 0.717) is 17.1 Å². The summed E-state index contributed by atoms with van der Waals surface area (Å²) in [6.07, 6.45) is 0.661. The summed E-state index contributed by atoms with van der Waals surface area (Å²) < 4.78 is 5.18. The second-order valence-electron chi connectivity index (χ2n) is 6.75. The first kappa shape index (κ1) is 19.2. The Morgan fingerprint density at radius 2 is 1.67 bits per heavy atom. The molecule has 1 N–H and O–H groups in total. The third kappa shape index (κ3) is 5.01. The van der Waals surface area contributed by atoms with Crippen molar-refractivity contribution >= 4 is 11.8 Å². The van der Waals surface area contributed by atoms with Crippen LogP contribution in [-0.4, -0.2) is 17.1 Å². The smallest absolute Gasteiger partial charge is 0.254 e. The predicted molar refractivity (Wildman–Crippen MR) is 111 cm³/mol. The molecule has 0 spiro atoms. The molecule has 0 saturated heterocycles. The highest BCUT2D eigenvalue weighted by atomic mass is 32.2. The molecule has 0 bridgehead atoms. The predicted octanol–water partition coefficient (Wildman–Crippen LogP) is 4.59. The number of rotatable bonds is 6. The molecule has 0 saturated carbocycles. The summed E-state index contributed by atoms with van der Waals surface area (Å²) in [6.45, 7) is 6.01. The summed E-state index contributed by atoms with van der Waals surface area (Å²) in [6, 6.07) is 14.4. The molecule has 27 heavy (non-hydrogen) atoms. The second kappa shape index (κ2) is 8.44. The zero-order valence-corrected chi connectivity index (χ0v) is 16.9. The number of aromatic nitrogens is 2. The molecule has 140 valence electrons. The van der Waals surface area contributed by atoms with E-state index in [1.54, 1.807) is 7.11 Å². The third-order valence-corrected chi connectivity index (χ3v) is 5.36. The molecule has 4 nitrogen and oxygen atoms in total. The van der Waals surface area contributed by atoms with Crippen LogP contribution in [-0.2, 0) is 12.2 Å².